The van der Waals surface area contributed by atoms with Crippen LogP contribution >= 0.6 is 0 Å². The third kappa shape index (κ3) is 2.16. The highest BCUT2D eigenvalue weighted by molar-refractivity contribution is 5.88. The number of fused-ring (bicyclic) bond motifs is 3. The lowest BCUT2D eigenvalue weighted by Gasteiger charge is -2.00. The molecular weight excluding hydrogens is 302 g/mol. The second-order valence-corrected chi connectivity index (χ2v) is 4.98. The predicted octanol–water partition coefficient (Wildman–Crippen LogP) is -0.527. The van der Waals surface area contributed by atoms with Gasteiger partial charge >= 0.3 is 5.97 Å². The molecule has 1 N–H and O–H groups in total. The molecule has 0 fully saturated rings. The van der Waals surface area contributed by atoms with Gasteiger partial charge in [0.1, 0.15) is 11.2 Å². The zero-order valence-electron chi connectivity index (χ0n) is 11.5. The lowest BCUT2D eigenvalue weighted by atomic mass is 10.2. The highest BCUT2D eigenvalue weighted by atomic mass is 35.5. The maximum atomic E-state index is 10.9. The minimum Gasteiger partial charge on any atom is -1.00 e. The summed E-state index contributed by atoms with van der Waals surface area (Å²) in [5, 5.41) is 8.93. The van der Waals surface area contributed by atoms with Crippen LogP contribution in [-0.4, -0.2) is 31.5 Å². The Kier molecular flexibility index (Phi) is 3.42. The van der Waals surface area contributed by atoms with E-state index in [2.05, 4.69) is 14.1 Å². The molecule has 0 radical (unpaired) electrons. The number of hydrogen-bond donors (Lipinski definition) is 1. The third-order valence-electron chi connectivity index (χ3n) is 3.68. The third-order valence-corrected chi connectivity index (χ3v) is 3.68. The van der Waals surface area contributed by atoms with Crippen molar-refractivity contribution < 1.29 is 26.9 Å². The van der Waals surface area contributed by atoms with Crippen LogP contribution in [0.15, 0.2) is 48.5 Å². The van der Waals surface area contributed by atoms with Crippen molar-refractivity contribution in [1.82, 2.24) is 9.55 Å². The van der Waals surface area contributed by atoms with E-state index in [-0.39, 0.29) is 12.4 Å². The summed E-state index contributed by atoms with van der Waals surface area (Å²) in [5.41, 5.74) is 3.32. The molecule has 0 bridgehead atoms. The first-order chi connectivity index (χ1) is 10.2. The monoisotopic (exact) mass is 313 g/mol. The minimum absolute atomic E-state index is 0. The summed E-state index contributed by atoms with van der Waals surface area (Å²) >= 11 is 0. The number of aromatic nitrogens is 2. The fourth-order valence-electron chi connectivity index (χ4n) is 2.62. The van der Waals surface area contributed by atoms with E-state index < -0.39 is 5.97 Å². The lowest BCUT2D eigenvalue weighted by Crippen LogP contribution is -3.00. The van der Waals surface area contributed by atoms with E-state index in [1.54, 1.807) is 12.1 Å². The largest absolute Gasteiger partial charge is 1.00 e. The van der Waals surface area contributed by atoms with Crippen LogP contribution in [0, 0.1) is 0 Å². The highest BCUT2D eigenvalue weighted by Crippen LogP contribution is 2.22. The van der Waals surface area contributed by atoms with Gasteiger partial charge in [0, 0.05) is 0 Å². The van der Waals surface area contributed by atoms with Crippen molar-refractivity contribution in [1.29, 1.82) is 0 Å². The van der Waals surface area contributed by atoms with Gasteiger partial charge in [-0.1, -0.05) is 12.1 Å². The molecule has 3 aromatic rings. The number of rotatable bonds is 2. The summed E-state index contributed by atoms with van der Waals surface area (Å²) in [6.07, 6.45) is 2.00. The molecule has 22 heavy (non-hydrogen) atoms. The number of aromatic carboxylic acids is 1. The fourth-order valence-corrected chi connectivity index (χ4v) is 2.62. The first-order valence-corrected chi connectivity index (χ1v) is 6.63. The van der Waals surface area contributed by atoms with Crippen molar-refractivity contribution in [2.24, 2.45) is 0 Å². The SMILES string of the molecule is O=C(O)c1ccc([N+]2=Cn3c(nc4ccccc43)C2)cc1.[Cl-]. The number of carboxylic acids is 1. The molecule has 0 saturated carbocycles. The van der Waals surface area contributed by atoms with Crippen molar-refractivity contribution in [2.45, 2.75) is 6.54 Å². The molecule has 110 valence electrons. The maximum Gasteiger partial charge on any atom is 0.335 e. The second-order valence-electron chi connectivity index (χ2n) is 4.98. The topological polar surface area (TPSA) is 58.1 Å². The van der Waals surface area contributed by atoms with Crippen molar-refractivity contribution in [3.63, 3.8) is 0 Å². The van der Waals surface area contributed by atoms with Crippen molar-refractivity contribution >= 4 is 29.0 Å². The predicted molar refractivity (Wildman–Crippen MR) is 78.2 cm³/mol. The van der Waals surface area contributed by atoms with Crippen LogP contribution in [-0.2, 0) is 6.54 Å². The summed E-state index contributed by atoms with van der Waals surface area (Å²) in [6.45, 7) is 0.682. The Bertz CT molecular complexity index is 897. The van der Waals surface area contributed by atoms with E-state index in [0.29, 0.717) is 12.1 Å². The first kappa shape index (κ1) is 14.3. The van der Waals surface area contributed by atoms with E-state index in [9.17, 15) is 4.79 Å². The number of halogens is 1. The molecule has 1 aliphatic heterocycles. The van der Waals surface area contributed by atoms with Crippen LogP contribution in [0.3, 0.4) is 0 Å². The Morgan fingerprint density at radius 1 is 1.14 bits per heavy atom. The minimum atomic E-state index is -0.911. The maximum absolute atomic E-state index is 10.9. The van der Waals surface area contributed by atoms with Gasteiger partial charge in [-0.05, 0) is 36.4 Å². The zero-order valence-corrected chi connectivity index (χ0v) is 12.2. The number of imidazole rings is 1. The molecule has 1 aliphatic rings. The van der Waals surface area contributed by atoms with Gasteiger partial charge in [0.2, 0.25) is 5.82 Å². The quantitative estimate of drug-likeness (QED) is 0.647. The molecule has 1 aromatic heterocycles. The van der Waals surface area contributed by atoms with Crippen LogP contribution < -0.4 is 12.4 Å². The first-order valence-electron chi connectivity index (χ1n) is 6.63. The van der Waals surface area contributed by atoms with Gasteiger partial charge in [-0.25, -0.2) is 14.4 Å². The number of nitrogens with zero attached hydrogens (tertiary/aromatic N) is 3. The van der Waals surface area contributed by atoms with E-state index >= 15 is 0 Å². The van der Waals surface area contributed by atoms with Gasteiger partial charge in [-0.2, -0.15) is 4.57 Å². The number of carboxylic acid groups (broad SMARTS) is 1. The smallest absolute Gasteiger partial charge is 0.335 e. The van der Waals surface area contributed by atoms with E-state index in [4.69, 9.17) is 5.11 Å². The Morgan fingerprint density at radius 3 is 2.59 bits per heavy atom. The highest BCUT2D eigenvalue weighted by Gasteiger charge is 2.25. The average Bonchev–Trinajstić information content (AvgIpc) is 3.05. The number of para-hydroxylation sites is 2. The Morgan fingerprint density at radius 2 is 1.86 bits per heavy atom. The summed E-state index contributed by atoms with van der Waals surface area (Å²) < 4.78 is 4.13. The van der Waals surface area contributed by atoms with Crippen molar-refractivity contribution in [3.05, 3.63) is 59.9 Å². The molecule has 0 saturated heterocycles. The fraction of sp³-hybridized carbons (Fsp3) is 0.0625. The molecule has 4 rings (SSSR count). The molecule has 2 heterocycles. The van der Waals surface area contributed by atoms with Crippen LogP contribution in [0.5, 0.6) is 0 Å². The second kappa shape index (κ2) is 5.27. The summed E-state index contributed by atoms with van der Waals surface area (Å²) in [5.74, 6) is 0.0735. The van der Waals surface area contributed by atoms with Gasteiger partial charge in [0.25, 0.3) is 6.34 Å². The van der Waals surface area contributed by atoms with Gasteiger partial charge in [0.05, 0.1) is 5.56 Å². The summed E-state index contributed by atoms with van der Waals surface area (Å²) in [7, 11) is 0. The van der Waals surface area contributed by atoms with Crippen LogP contribution in [0.4, 0.5) is 5.69 Å². The van der Waals surface area contributed by atoms with Crippen LogP contribution in [0.1, 0.15) is 16.2 Å². The molecule has 0 unspecified atom stereocenters. The molecule has 6 heteroatoms. The normalized spacial score (nSPS) is 12.6. The molecular formula is C16H12ClN3O2. The van der Waals surface area contributed by atoms with Gasteiger partial charge in [-0.3, -0.25) is 0 Å². The number of hydrogen-bond acceptors (Lipinski definition) is 2. The Labute approximate surface area is 132 Å². The molecule has 2 aromatic carbocycles. The Hall–Kier alpha value is -2.66. The standard InChI is InChI=1S/C16H11N3O2.ClH/c20-16(21)11-5-7-12(8-6-11)18-9-15-17-13-3-1-2-4-14(13)19(15)10-18;/h1-8,10H,9H2;1H. The van der Waals surface area contributed by atoms with Crippen molar-refractivity contribution in [2.75, 3.05) is 0 Å². The number of carbonyl (C=O) groups is 1. The van der Waals surface area contributed by atoms with Gasteiger partial charge in [0.15, 0.2) is 12.1 Å². The Balaban J connectivity index is 0.00000144. The van der Waals surface area contributed by atoms with Crippen LogP contribution in [0.2, 0.25) is 0 Å². The molecule has 0 spiro atoms. The number of benzene rings is 2. The van der Waals surface area contributed by atoms with Crippen LogP contribution in [0.25, 0.3) is 11.0 Å². The van der Waals surface area contributed by atoms with E-state index in [1.165, 1.54) is 0 Å². The van der Waals surface area contributed by atoms with Gasteiger partial charge in [-0.15, -0.1) is 0 Å². The van der Waals surface area contributed by atoms with E-state index in [1.807, 2.05) is 42.7 Å². The van der Waals surface area contributed by atoms with Gasteiger partial charge < -0.3 is 17.5 Å². The summed E-state index contributed by atoms with van der Waals surface area (Å²) in [4.78, 5) is 15.5. The summed E-state index contributed by atoms with van der Waals surface area (Å²) in [6, 6.07) is 14.9. The average molecular weight is 314 g/mol. The van der Waals surface area contributed by atoms with E-state index in [0.717, 1.165) is 22.5 Å². The molecule has 0 amide bonds. The zero-order chi connectivity index (χ0) is 14.4. The molecule has 0 aliphatic carbocycles. The van der Waals surface area contributed by atoms with Crippen molar-refractivity contribution in [3.8, 4) is 0 Å². The molecule has 5 nitrogen and oxygen atoms in total. The lowest BCUT2D eigenvalue weighted by molar-refractivity contribution is -0.448. The molecule has 0 atom stereocenters.